The van der Waals surface area contributed by atoms with Crippen LogP contribution in [-0.2, 0) is 13.1 Å². The average molecular weight is 505 g/mol. The summed E-state index contributed by atoms with van der Waals surface area (Å²) >= 11 is 6.36. The van der Waals surface area contributed by atoms with Gasteiger partial charge in [0.15, 0.2) is 5.65 Å². The van der Waals surface area contributed by atoms with Crippen molar-refractivity contribution in [3.63, 3.8) is 0 Å². The quantitative estimate of drug-likeness (QED) is 0.347. The van der Waals surface area contributed by atoms with E-state index in [9.17, 15) is 4.79 Å². The topological polar surface area (TPSA) is 80.3 Å². The van der Waals surface area contributed by atoms with Gasteiger partial charge in [-0.25, -0.2) is 9.67 Å². The molecule has 0 aliphatic rings. The number of amides is 1. The molecular weight excluding hydrogens is 472 g/mol. The Labute approximate surface area is 217 Å². The standard InChI is InChI=1S/C28H33ClN6O/c1-19(2)35-27-24(16-31-35)23(28(36)34(4)18-22-9-5-6-11-25(22)29)15-26(32-27)21-10-7-8-20(14-21)17-33(3)13-12-30/h5-11,14-16,19H,12-13,17-18,30H2,1-4H3. The van der Waals surface area contributed by atoms with Gasteiger partial charge in [-0.1, -0.05) is 48.0 Å². The van der Waals surface area contributed by atoms with Gasteiger partial charge >= 0.3 is 0 Å². The maximum absolute atomic E-state index is 13.7. The van der Waals surface area contributed by atoms with Crippen LogP contribution in [0.25, 0.3) is 22.3 Å². The van der Waals surface area contributed by atoms with Crippen molar-refractivity contribution in [3.8, 4) is 11.3 Å². The van der Waals surface area contributed by atoms with Crippen LogP contribution in [0.2, 0.25) is 5.02 Å². The van der Waals surface area contributed by atoms with Crippen LogP contribution in [0, 0.1) is 0 Å². The van der Waals surface area contributed by atoms with E-state index in [2.05, 4.69) is 43.0 Å². The van der Waals surface area contributed by atoms with Crippen LogP contribution in [0.3, 0.4) is 0 Å². The number of rotatable bonds is 9. The van der Waals surface area contributed by atoms with Gasteiger partial charge in [-0.3, -0.25) is 4.79 Å². The first-order valence-corrected chi connectivity index (χ1v) is 12.5. The highest BCUT2D eigenvalue weighted by molar-refractivity contribution is 6.31. The molecule has 0 spiro atoms. The van der Waals surface area contributed by atoms with Crippen LogP contribution >= 0.6 is 11.6 Å². The van der Waals surface area contributed by atoms with Crippen molar-refractivity contribution in [2.75, 3.05) is 27.2 Å². The number of hydrogen-bond donors (Lipinski definition) is 1. The van der Waals surface area contributed by atoms with Crippen molar-refractivity contribution in [2.24, 2.45) is 5.73 Å². The van der Waals surface area contributed by atoms with E-state index >= 15 is 0 Å². The molecule has 1 amide bonds. The molecule has 8 heteroatoms. The fourth-order valence-electron chi connectivity index (χ4n) is 4.32. The van der Waals surface area contributed by atoms with E-state index in [1.165, 1.54) is 0 Å². The number of fused-ring (bicyclic) bond motifs is 1. The number of nitrogens with two attached hydrogens (primary N) is 1. The summed E-state index contributed by atoms with van der Waals surface area (Å²) < 4.78 is 1.86. The Bertz CT molecular complexity index is 1370. The summed E-state index contributed by atoms with van der Waals surface area (Å²) in [6.45, 7) is 6.72. The molecule has 0 aliphatic carbocycles. The molecular formula is C28H33ClN6O. The minimum atomic E-state index is -0.106. The van der Waals surface area contributed by atoms with Gasteiger partial charge in [0.05, 0.1) is 22.8 Å². The van der Waals surface area contributed by atoms with Crippen molar-refractivity contribution in [2.45, 2.75) is 33.0 Å². The fourth-order valence-corrected chi connectivity index (χ4v) is 4.52. The number of pyridine rings is 1. The van der Waals surface area contributed by atoms with E-state index in [1.54, 1.807) is 18.1 Å². The van der Waals surface area contributed by atoms with Crippen molar-refractivity contribution >= 4 is 28.5 Å². The Balaban J connectivity index is 1.76. The molecule has 36 heavy (non-hydrogen) atoms. The highest BCUT2D eigenvalue weighted by Crippen LogP contribution is 2.28. The maximum Gasteiger partial charge on any atom is 0.254 e. The number of hydrogen-bond acceptors (Lipinski definition) is 5. The molecule has 0 saturated heterocycles. The molecule has 7 nitrogen and oxygen atoms in total. The van der Waals surface area contributed by atoms with Gasteiger partial charge in [-0.15, -0.1) is 0 Å². The van der Waals surface area contributed by atoms with Crippen molar-refractivity contribution in [1.82, 2.24) is 24.6 Å². The largest absolute Gasteiger partial charge is 0.337 e. The van der Waals surface area contributed by atoms with Crippen LogP contribution in [0.1, 0.15) is 41.4 Å². The van der Waals surface area contributed by atoms with Gasteiger partial charge in [-0.2, -0.15) is 5.10 Å². The average Bonchev–Trinajstić information content (AvgIpc) is 3.29. The summed E-state index contributed by atoms with van der Waals surface area (Å²) in [5, 5.41) is 5.93. The lowest BCUT2D eigenvalue weighted by Gasteiger charge is -2.19. The molecule has 4 rings (SSSR count). The van der Waals surface area contributed by atoms with Gasteiger partial charge in [0.1, 0.15) is 0 Å². The second-order valence-electron chi connectivity index (χ2n) is 9.45. The number of carbonyl (C=O) groups excluding carboxylic acids is 1. The molecule has 0 aliphatic heterocycles. The lowest BCUT2D eigenvalue weighted by molar-refractivity contribution is 0.0787. The van der Waals surface area contributed by atoms with Gasteiger partial charge < -0.3 is 15.5 Å². The van der Waals surface area contributed by atoms with E-state index in [4.69, 9.17) is 22.3 Å². The highest BCUT2D eigenvalue weighted by atomic mass is 35.5. The predicted octanol–water partition coefficient (Wildman–Crippen LogP) is 5.00. The summed E-state index contributed by atoms with van der Waals surface area (Å²) in [7, 11) is 3.84. The Kier molecular flexibility index (Phi) is 8.04. The zero-order valence-corrected chi connectivity index (χ0v) is 22.0. The third kappa shape index (κ3) is 5.59. The Morgan fingerprint density at radius 1 is 1.08 bits per heavy atom. The highest BCUT2D eigenvalue weighted by Gasteiger charge is 2.21. The summed E-state index contributed by atoms with van der Waals surface area (Å²) in [6, 6.07) is 17.8. The lowest BCUT2D eigenvalue weighted by atomic mass is 10.0. The van der Waals surface area contributed by atoms with Crippen LogP contribution in [-0.4, -0.2) is 57.7 Å². The monoisotopic (exact) mass is 504 g/mol. The summed E-state index contributed by atoms with van der Waals surface area (Å²) in [5.74, 6) is -0.106. The summed E-state index contributed by atoms with van der Waals surface area (Å²) in [6.07, 6.45) is 1.74. The number of benzene rings is 2. The molecule has 0 bridgehead atoms. The first-order valence-electron chi connectivity index (χ1n) is 12.1. The molecule has 0 atom stereocenters. The summed E-state index contributed by atoms with van der Waals surface area (Å²) in [5.41, 5.74) is 10.7. The predicted molar refractivity (Wildman–Crippen MR) is 146 cm³/mol. The number of nitrogens with zero attached hydrogens (tertiary/aromatic N) is 5. The zero-order valence-electron chi connectivity index (χ0n) is 21.3. The second kappa shape index (κ2) is 11.2. The van der Waals surface area contributed by atoms with Gasteiger partial charge in [-0.05, 0) is 50.2 Å². The SMILES string of the molecule is CC(C)n1ncc2c(C(=O)N(C)Cc3ccccc3Cl)cc(-c3cccc(CN(C)CCN)c3)nc21. The van der Waals surface area contributed by atoms with Crippen LogP contribution in [0.5, 0.6) is 0 Å². The molecule has 2 N–H and O–H groups in total. The molecule has 0 unspecified atom stereocenters. The lowest BCUT2D eigenvalue weighted by Crippen LogP contribution is -2.26. The first-order chi connectivity index (χ1) is 17.3. The fraction of sp³-hybridized carbons (Fsp3) is 0.321. The van der Waals surface area contributed by atoms with Gasteiger partial charge in [0, 0.05) is 49.9 Å². The molecule has 0 radical (unpaired) electrons. The van der Waals surface area contributed by atoms with E-state index in [-0.39, 0.29) is 11.9 Å². The van der Waals surface area contributed by atoms with E-state index in [0.29, 0.717) is 29.3 Å². The third-order valence-corrected chi connectivity index (χ3v) is 6.55. The normalized spacial score (nSPS) is 11.6. The number of halogens is 1. The first kappa shape index (κ1) is 25.8. The van der Waals surface area contributed by atoms with Gasteiger partial charge in [0.25, 0.3) is 5.91 Å². The van der Waals surface area contributed by atoms with Crippen LogP contribution < -0.4 is 5.73 Å². The second-order valence-corrected chi connectivity index (χ2v) is 9.86. The van der Waals surface area contributed by atoms with Crippen LogP contribution in [0.4, 0.5) is 0 Å². The smallest absolute Gasteiger partial charge is 0.254 e. The number of aromatic nitrogens is 3. The summed E-state index contributed by atoms with van der Waals surface area (Å²) in [4.78, 5) is 22.5. The Morgan fingerprint density at radius 3 is 2.58 bits per heavy atom. The number of carbonyl (C=O) groups is 1. The molecule has 188 valence electrons. The molecule has 2 aromatic carbocycles. The van der Waals surface area contributed by atoms with E-state index in [1.807, 2.05) is 47.1 Å². The third-order valence-electron chi connectivity index (χ3n) is 6.18. The minimum Gasteiger partial charge on any atom is -0.337 e. The van der Waals surface area contributed by atoms with Crippen molar-refractivity contribution in [3.05, 3.63) is 82.5 Å². The van der Waals surface area contributed by atoms with Crippen molar-refractivity contribution < 1.29 is 4.79 Å². The van der Waals surface area contributed by atoms with Crippen molar-refractivity contribution in [1.29, 1.82) is 0 Å². The van der Waals surface area contributed by atoms with Gasteiger partial charge in [0.2, 0.25) is 0 Å². The zero-order chi connectivity index (χ0) is 25.8. The molecule has 4 aromatic rings. The molecule has 0 fully saturated rings. The number of likely N-dealkylation sites (N-methyl/N-ethyl adjacent to an activating group) is 1. The van der Waals surface area contributed by atoms with Crippen LogP contribution in [0.15, 0.2) is 60.8 Å². The Morgan fingerprint density at radius 2 is 1.86 bits per heavy atom. The van der Waals surface area contributed by atoms with E-state index < -0.39 is 0 Å². The minimum absolute atomic E-state index is 0.102. The molecule has 0 saturated carbocycles. The van der Waals surface area contributed by atoms with E-state index in [0.717, 1.165) is 40.9 Å². The maximum atomic E-state index is 13.7. The molecule has 2 aromatic heterocycles. The molecule has 2 heterocycles. The Hall–Kier alpha value is -3.26.